The van der Waals surface area contributed by atoms with E-state index in [4.69, 9.17) is 0 Å². The molecule has 2 aromatic heterocycles. The summed E-state index contributed by atoms with van der Waals surface area (Å²) in [4.78, 5) is 20.3. The van der Waals surface area contributed by atoms with E-state index in [0.29, 0.717) is 6.54 Å². The van der Waals surface area contributed by atoms with Gasteiger partial charge < -0.3 is 10.6 Å². The van der Waals surface area contributed by atoms with Crippen LogP contribution in [0, 0.1) is 6.92 Å². The second kappa shape index (κ2) is 8.06. The van der Waals surface area contributed by atoms with E-state index in [1.54, 1.807) is 18.6 Å². The standard InChI is InChI=1S/C20H20N4O/c1-15-14-22-12-6-16(15)9-13-23-20(25)24-19-5-3-2-4-18(19)17-7-10-21-11-8-17/h2-8,10-12,14H,9,13H2,1H3,(H2,23,24,25). The summed E-state index contributed by atoms with van der Waals surface area (Å²) in [6.45, 7) is 2.58. The van der Waals surface area contributed by atoms with Crippen LogP contribution in [0.15, 0.2) is 67.3 Å². The van der Waals surface area contributed by atoms with Gasteiger partial charge in [0.05, 0.1) is 5.69 Å². The van der Waals surface area contributed by atoms with Crippen LogP contribution in [0.25, 0.3) is 11.1 Å². The Morgan fingerprint density at radius 2 is 1.76 bits per heavy atom. The first-order valence-electron chi connectivity index (χ1n) is 8.18. The molecule has 0 saturated heterocycles. The fourth-order valence-electron chi connectivity index (χ4n) is 2.64. The maximum atomic E-state index is 12.2. The second-order valence-corrected chi connectivity index (χ2v) is 5.71. The molecule has 3 aromatic rings. The highest BCUT2D eigenvalue weighted by Gasteiger charge is 2.08. The summed E-state index contributed by atoms with van der Waals surface area (Å²) in [5.74, 6) is 0. The summed E-state index contributed by atoms with van der Waals surface area (Å²) in [7, 11) is 0. The Hall–Kier alpha value is -3.21. The van der Waals surface area contributed by atoms with Crippen LogP contribution in [0.1, 0.15) is 11.1 Å². The summed E-state index contributed by atoms with van der Waals surface area (Å²) in [5, 5.41) is 5.83. The second-order valence-electron chi connectivity index (χ2n) is 5.71. The molecule has 126 valence electrons. The number of aromatic nitrogens is 2. The Labute approximate surface area is 147 Å². The zero-order valence-corrected chi connectivity index (χ0v) is 14.1. The number of hydrogen-bond acceptors (Lipinski definition) is 3. The molecule has 2 N–H and O–H groups in total. The molecular formula is C20H20N4O. The van der Waals surface area contributed by atoms with Gasteiger partial charge in [0.25, 0.3) is 0 Å². The smallest absolute Gasteiger partial charge is 0.319 e. The summed E-state index contributed by atoms with van der Waals surface area (Å²) >= 11 is 0. The number of aryl methyl sites for hydroxylation is 1. The zero-order chi connectivity index (χ0) is 17.5. The van der Waals surface area contributed by atoms with Gasteiger partial charge in [0.15, 0.2) is 0 Å². The molecule has 25 heavy (non-hydrogen) atoms. The highest BCUT2D eigenvalue weighted by atomic mass is 16.2. The van der Waals surface area contributed by atoms with Gasteiger partial charge in [-0.05, 0) is 54.3 Å². The molecule has 0 aliphatic carbocycles. The minimum Gasteiger partial charge on any atom is -0.338 e. The summed E-state index contributed by atoms with van der Waals surface area (Å²) in [5.41, 5.74) is 5.06. The number of rotatable bonds is 5. The zero-order valence-electron chi connectivity index (χ0n) is 14.1. The molecule has 0 aliphatic heterocycles. The van der Waals surface area contributed by atoms with E-state index in [2.05, 4.69) is 20.6 Å². The molecule has 0 spiro atoms. The van der Waals surface area contributed by atoms with Gasteiger partial charge in [0, 0.05) is 36.9 Å². The average Bonchev–Trinajstić information content (AvgIpc) is 2.64. The van der Waals surface area contributed by atoms with Gasteiger partial charge in [0.2, 0.25) is 0 Å². The van der Waals surface area contributed by atoms with Crippen molar-refractivity contribution >= 4 is 11.7 Å². The van der Waals surface area contributed by atoms with Gasteiger partial charge in [-0.25, -0.2) is 4.79 Å². The van der Waals surface area contributed by atoms with Crippen LogP contribution in [0.4, 0.5) is 10.5 Å². The Balaban J connectivity index is 1.61. The van der Waals surface area contributed by atoms with Crippen molar-refractivity contribution in [2.45, 2.75) is 13.3 Å². The molecule has 3 rings (SSSR count). The molecule has 0 bridgehead atoms. The summed E-state index contributed by atoms with van der Waals surface area (Å²) in [6.07, 6.45) is 7.86. The fraction of sp³-hybridized carbons (Fsp3) is 0.150. The van der Waals surface area contributed by atoms with Crippen LogP contribution in [-0.4, -0.2) is 22.5 Å². The Bertz CT molecular complexity index is 849. The molecule has 0 saturated carbocycles. The highest BCUT2D eigenvalue weighted by Crippen LogP contribution is 2.26. The van der Waals surface area contributed by atoms with Crippen LogP contribution >= 0.6 is 0 Å². The Morgan fingerprint density at radius 1 is 1.00 bits per heavy atom. The lowest BCUT2D eigenvalue weighted by molar-refractivity contribution is 0.252. The van der Waals surface area contributed by atoms with Crippen LogP contribution in [0.5, 0.6) is 0 Å². The molecule has 1 aromatic carbocycles. The van der Waals surface area contributed by atoms with E-state index in [1.807, 2.05) is 55.6 Å². The van der Waals surface area contributed by atoms with Gasteiger partial charge in [-0.2, -0.15) is 0 Å². The van der Waals surface area contributed by atoms with Crippen LogP contribution < -0.4 is 10.6 Å². The lowest BCUT2D eigenvalue weighted by atomic mass is 10.1. The van der Waals surface area contributed by atoms with E-state index in [-0.39, 0.29) is 6.03 Å². The van der Waals surface area contributed by atoms with Crippen LogP contribution in [0.3, 0.4) is 0 Å². The molecule has 0 unspecified atom stereocenters. The fourth-order valence-corrected chi connectivity index (χ4v) is 2.64. The molecule has 2 amide bonds. The highest BCUT2D eigenvalue weighted by molar-refractivity contribution is 5.94. The predicted molar refractivity (Wildman–Crippen MR) is 99.4 cm³/mol. The lowest BCUT2D eigenvalue weighted by Gasteiger charge is -2.12. The topological polar surface area (TPSA) is 66.9 Å². The normalized spacial score (nSPS) is 10.3. The molecule has 5 heteroatoms. The van der Waals surface area contributed by atoms with Crippen molar-refractivity contribution in [2.24, 2.45) is 0 Å². The van der Waals surface area contributed by atoms with Crippen molar-refractivity contribution in [2.75, 3.05) is 11.9 Å². The van der Waals surface area contributed by atoms with Crippen molar-refractivity contribution in [3.63, 3.8) is 0 Å². The van der Waals surface area contributed by atoms with E-state index >= 15 is 0 Å². The van der Waals surface area contributed by atoms with Gasteiger partial charge in [-0.1, -0.05) is 18.2 Å². The first-order chi connectivity index (χ1) is 12.2. The molecular weight excluding hydrogens is 312 g/mol. The first-order valence-corrected chi connectivity index (χ1v) is 8.18. The number of amides is 2. The number of carbonyl (C=O) groups excluding carboxylic acids is 1. The Kier molecular flexibility index (Phi) is 5.36. The quantitative estimate of drug-likeness (QED) is 0.746. The molecule has 0 fully saturated rings. The SMILES string of the molecule is Cc1cnccc1CCNC(=O)Nc1ccccc1-c1ccncc1. The molecule has 2 heterocycles. The number of urea groups is 1. The third kappa shape index (κ3) is 4.41. The molecule has 0 aliphatic rings. The van der Waals surface area contributed by atoms with Crippen LogP contribution in [0.2, 0.25) is 0 Å². The van der Waals surface area contributed by atoms with E-state index < -0.39 is 0 Å². The van der Waals surface area contributed by atoms with Crippen molar-refractivity contribution in [1.82, 2.24) is 15.3 Å². The largest absolute Gasteiger partial charge is 0.338 e. The predicted octanol–water partition coefficient (Wildman–Crippen LogP) is 3.82. The third-order valence-electron chi connectivity index (χ3n) is 3.98. The number of carbonyl (C=O) groups is 1. The maximum Gasteiger partial charge on any atom is 0.319 e. The van der Waals surface area contributed by atoms with Crippen molar-refractivity contribution in [3.05, 3.63) is 78.4 Å². The number of anilines is 1. The monoisotopic (exact) mass is 332 g/mol. The van der Waals surface area contributed by atoms with Crippen molar-refractivity contribution < 1.29 is 4.79 Å². The Morgan fingerprint density at radius 3 is 2.56 bits per heavy atom. The number of pyridine rings is 2. The summed E-state index contributed by atoms with van der Waals surface area (Å²) in [6, 6.07) is 13.3. The van der Waals surface area contributed by atoms with Crippen LogP contribution in [-0.2, 0) is 6.42 Å². The summed E-state index contributed by atoms with van der Waals surface area (Å²) < 4.78 is 0. The van der Waals surface area contributed by atoms with Gasteiger partial charge >= 0.3 is 6.03 Å². The van der Waals surface area contributed by atoms with Crippen molar-refractivity contribution in [3.8, 4) is 11.1 Å². The van der Waals surface area contributed by atoms with Gasteiger partial charge in [-0.3, -0.25) is 9.97 Å². The first kappa shape index (κ1) is 16.6. The van der Waals surface area contributed by atoms with Crippen molar-refractivity contribution in [1.29, 1.82) is 0 Å². The minimum atomic E-state index is -0.215. The molecule has 0 radical (unpaired) electrons. The molecule has 0 atom stereocenters. The van der Waals surface area contributed by atoms with Gasteiger partial charge in [-0.15, -0.1) is 0 Å². The maximum absolute atomic E-state index is 12.2. The number of para-hydroxylation sites is 1. The van der Waals surface area contributed by atoms with E-state index in [1.165, 1.54) is 5.56 Å². The number of hydrogen-bond donors (Lipinski definition) is 2. The molecule has 5 nitrogen and oxygen atoms in total. The van der Waals surface area contributed by atoms with E-state index in [0.717, 1.165) is 28.8 Å². The number of benzene rings is 1. The third-order valence-corrected chi connectivity index (χ3v) is 3.98. The van der Waals surface area contributed by atoms with E-state index in [9.17, 15) is 4.79 Å². The average molecular weight is 332 g/mol. The number of nitrogens with zero attached hydrogens (tertiary/aromatic N) is 2. The minimum absolute atomic E-state index is 0.215. The number of nitrogens with one attached hydrogen (secondary N) is 2. The van der Waals surface area contributed by atoms with Gasteiger partial charge in [0.1, 0.15) is 0 Å². The lowest BCUT2D eigenvalue weighted by Crippen LogP contribution is -2.30.